The summed E-state index contributed by atoms with van der Waals surface area (Å²) >= 11 is 0. The second-order valence-electron chi connectivity index (χ2n) is 6.46. The Kier molecular flexibility index (Phi) is 7.47. The first-order chi connectivity index (χ1) is 11.2. The van der Waals surface area contributed by atoms with Crippen molar-refractivity contribution < 1.29 is 24.2 Å². The molecule has 0 aromatic heterocycles. The van der Waals surface area contributed by atoms with Gasteiger partial charge in [-0.1, -0.05) is 27.2 Å². The van der Waals surface area contributed by atoms with Crippen molar-refractivity contribution in [1.82, 2.24) is 15.1 Å². The second kappa shape index (κ2) is 8.86. The van der Waals surface area contributed by atoms with E-state index in [1.807, 2.05) is 20.8 Å². The molecule has 0 aliphatic carbocycles. The normalized spacial score (nSPS) is 18.1. The first-order valence-electron chi connectivity index (χ1n) is 8.44. The van der Waals surface area contributed by atoms with E-state index in [-0.39, 0.29) is 18.4 Å². The van der Waals surface area contributed by atoms with Gasteiger partial charge in [0.05, 0.1) is 6.61 Å². The lowest BCUT2D eigenvalue weighted by molar-refractivity contribution is -0.155. The third kappa shape index (κ3) is 5.09. The van der Waals surface area contributed by atoms with Crippen molar-refractivity contribution in [3.8, 4) is 0 Å². The molecule has 0 saturated carbocycles. The number of amides is 2. The average molecular weight is 343 g/mol. The van der Waals surface area contributed by atoms with Crippen LogP contribution in [0.25, 0.3) is 0 Å². The molecule has 1 rings (SSSR count). The van der Waals surface area contributed by atoms with Gasteiger partial charge in [0.2, 0.25) is 5.91 Å². The molecule has 0 aromatic rings. The maximum Gasteiger partial charge on any atom is 0.409 e. The Morgan fingerprint density at radius 3 is 2.25 bits per heavy atom. The van der Waals surface area contributed by atoms with Crippen LogP contribution in [0.3, 0.4) is 0 Å². The van der Waals surface area contributed by atoms with Crippen molar-refractivity contribution >= 4 is 18.0 Å². The van der Waals surface area contributed by atoms with Crippen molar-refractivity contribution in [1.29, 1.82) is 0 Å². The third-order valence-corrected chi connectivity index (χ3v) is 4.21. The molecule has 1 unspecified atom stereocenters. The standard InChI is InChI=1S/C16H29N3O5/c1-5-6-11-24-15(23)17-16(4,14(21)22)19-9-7-18(8-10-19)13(20)12(2)3/h12H,5-11H2,1-4H3,(H,17,23)(H,21,22). The van der Waals surface area contributed by atoms with E-state index < -0.39 is 17.7 Å². The van der Waals surface area contributed by atoms with Gasteiger partial charge in [0, 0.05) is 32.1 Å². The number of nitrogens with one attached hydrogen (secondary N) is 1. The molecule has 2 amide bonds. The first-order valence-corrected chi connectivity index (χ1v) is 8.44. The van der Waals surface area contributed by atoms with Gasteiger partial charge in [-0.3, -0.25) is 15.0 Å². The Bertz CT molecular complexity index is 461. The van der Waals surface area contributed by atoms with Crippen LogP contribution in [0, 0.1) is 5.92 Å². The van der Waals surface area contributed by atoms with E-state index in [0.29, 0.717) is 26.2 Å². The van der Waals surface area contributed by atoms with Crippen LogP contribution in [0.4, 0.5) is 4.79 Å². The van der Waals surface area contributed by atoms with E-state index in [0.717, 1.165) is 12.8 Å². The van der Waals surface area contributed by atoms with Gasteiger partial charge in [-0.15, -0.1) is 0 Å². The molecule has 138 valence electrons. The summed E-state index contributed by atoms with van der Waals surface area (Å²) in [5.41, 5.74) is -1.56. The van der Waals surface area contributed by atoms with Crippen molar-refractivity contribution in [2.24, 2.45) is 5.92 Å². The molecule has 8 nitrogen and oxygen atoms in total. The zero-order valence-electron chi connectivity index (χ0n) is 15.0. The number of unbranched alkanes of at least 4 members (excludes halogenated alkanes) is 1. The monoisotopic (exact) mass is 343 g/mol. The molecule has 1 aliphatic heterocycles. The molecule has 1 aliphatic rings. The molecule has 1 saturated heterocycles. The van der Waals surface area contributed by atoms with Crippen LogP contribution in [-0.4, -0.2) is 71.3 Å². The largest absolute Gasteiger partial charge is 0.478 e. The number of rotatable bonds is 7. The third-order valence-electron chi connectivity index (χ3n) is 4.21. The highest BCUT2D eigenvalue weighted by atomic mass is 16.5. The zero-order valence-corrected chi connectivity index (χ0v) is 15.0. The van der Waals surface area contributed by atoms with Crippen molar-refractivity contribution in [2.45, 2.75) is 46.2 Å². The molecular formula is C16H29N3O5. The predicted molar refractivity (Wildman–Crippen MR) is 88.4 cm³/mol. The van der Waals surface area contributed by atoms with Crippen LogP contribution in [0.1, 0.15) is 40.5 Å². The van der Waals surface area contributed by atoms with E-state index >= 15 is 0 Å². The van der Waals surface area contributed by atoms with E-state index in [1.165, 1.54) is 6.92 Å². The number of aliphatic carboxylic acids is 1. The Labute approximate surface area is 143 Å². The molecule has 8 heteroatoms. The summed E-state index contributed by atoms with van der Waals surface area (Å²) in [7, 11) is 0. The fourth-order valence-electron chi connectivity index (χ4n) is 2.55. The molecule has 0 aromatic carbocycles. The van der Waals surface area contributed by atoms with E-state index in [4.69, 9.17) is 4.74 Å². The van der Waals surface area contributed by atoms with Gasteiger partial charge >= 0.3 is 12.1 Å². The van der Waals surface area contributed by atoms with Gasteiger partial charge in [0.15, 0.2) is 5.66 Å². The molecule has 0 spiro atoms. The summed E-state index contributed by atoms with van der Waals surface area (Å²) in [4.78, 5) is 39.0. The lowest BCUT2D eigenvalue weighted by Gasteiger charge is -2.43. The molecular weight excluding hydrogens is 314 g/mol. The lowest BCUT2D eigenvalue weighted by atomic mass is 10.1. The molecule has 0 bridgehead atoms. The van der Waals surface area contributed by atoms with Crippen molar-refractivity contribution in [2.75, 3.05) is 32.8 Å². The van der Waals surface area contributed by atoms with Gasteiger partial charge in [0.25, 0.3) is 0 Å². The molecule has 1 atom stereocenters. The molecule has 1 heterocycles. The average Bonchev–Trinajstić information content (AvgIpc) is 2.54. The smallest absolute Gasteiger partial charge is 0.409 e. The van der Waals surface area contributed by atoms with Crippen LogP contribution >= 0.6 is 0 Å². The number of carboxylic acids is 1. The van der Waals surface area contributed by atoms with E-state index in [9.17, 15) is 19.5 Å². The minimum Gasteiger partial charge on any atom is -0.478 e. The van der Waals surface area contributed by atoms with Crippen LogP contribution in [0.15, 0.2) is 0 Å². The van der Waals surface area contributed by atoms with Crippen LogP contribution in [-0.2, 0) is 14.3 Å². The summed E-state index contributed by atoms with van der Waals surface area (Å²) in [6.45, 7) is 8.96. The first kappa shape index (κ1) is 20.2. The molecule has 2 N–H and O–H groups in total. The zero-order chi connectivity index (χ0) is 18.3. The van der Waals surface area contributed by atoms with Gasteiger partial charge < -0.3 is 14.7 Å². The number of carbonyl (C=O) groups excluding carboxylic acids is 2. The topological polar surface area (TPSA) is 99.2 Å². The Morgan fingerprint density at radius 1 is 1.21 bits per heavy atom. The number of alkyl carbamates (subject to hydrolysis) is 1. The number of carbonyl (C=O) groups is 3. The number of hydrogen-bond donors (Lipinski definition) is 2. The minimum absolute atomic E-state index is 0.0543. The van der Waals surface area contributed by atoms with Gasteiger partial charge in [-0.2, -0.15) is 0 Å². The fraction of sp³-hybridized carbons (Fsp3) is 0.812. The van der Waals surface area contributed by atoms with Crippen LogP contribution < -0.4 is 5.32 Å². The number of piperazine rings is 1. The fourth-order valence-corrected chi connectivity index (χ4v) is 2.55. The number of carboxylic acid groups (broad SMARTS) is 1. The van der Waals surface area contributed by atoms with Crippen molar-refractivity contribution in [3.63, 3.8) is 0 Å². The van der Waals surface area contributed by atoms with Gasteiger partial charge in [0.1, 0.15) is 0 Å². The highest BCUT2D eigenvalue weighted by Gasteiger charge is 2.43. The Hall–Kier alpha value is -1.83. The van der Waals surface area contributed by atoms with E-state index in [2.05, 4.69) is 5.32 Å². The minimum atomic E-state index is -1.56. The van der Waals surface area contributed by atoms with Gasteiger partial charge in [-0.05, 0) is 13.3 Å². The summed E-state index contributed by atoms with van der Waals surface area (Å²) in [6.07, 6.45) is 0.872. The second-order valence-corrected chi connectivity index (χ2v) is 6.46. The highest BCUT2D eigenvalue weighted by Crippen LogP contribution is 2.17. The summed E-state index contributed by atoms with van der Waals surface area (Å²) < 4.78 is 5.01. The van der Waals surface area contributed by atoms with Gasteiger partial charge in [-0.25, -0.2) is 9.59 Å². The molecule has 1 fully saturated rings. The van der Waals surface area contributed by atoms with Crippen LogP contribution in [0.2, 0.25) is 0 Å². The van der Waals surface area contributed by atoms with Crippen molar-refractivity contribution in [3.05, 3.63) is 0 Å². The summed E-state index contributed by atoms with van der Waals surface area (Å²) in [5, 5.41) is 12.0. The summed E-state index contributed by atoms with van der Waals surface area (Å²) in [6, 6.07) is 0. The predicted octanol–water partition coefficient (Wildman–Crippen LogP) is 1.11. The SMILES string of the molecule is CCCCOC(=O)NC(C)(C(=O)O)N1CCN(C(=O)C(C)C)CC1. The summed E-state index contributed by atoms with van der Waals surface area (Å²) in [5.74, 6) is -1.19. The lowest BCUT2D eigenvalue weighted by Crippen LogP contribution is -2.67. The quantitative estimate of drug-likeness (QED) is 0.672. The Morgan fingerprint density at radius 2 is 1.79 bits per heavy atom. The molecule has 0 radical (unpaired) electrons. The molecule has 24 heavy (non-hydrogen) atoms. The highest BCUT2D eigenvalue weighted by molar-refractivity contribution is 5.83. The number of nitrogens with zero attached hydrogens (tertiary/aromatic N) is 2. The number of hydrogen-bond acceptors (Lipinski definition) is 5. The number of ether oxygens (including phenoxy) is 1. The van der Waals surface area contributed by atoms with Crippen LogP contribution in [0.5, 0.6) is 0 Å². The van der Waals surface area contributed by atoms with E-state index in [1.54, 1.807) is 9.80 Å². The Balaban J connectivity index is 2.67. The maximum atomic E-state index is 12.0. The maximum absolute atomic E-state index is 12.0.